The van der Waals surface area contributed by atoms with Gasteiger partial charge in [-0.25, -0.2) is 10.2 Å². The Morgan fingerprint density at radius 3 is 2.50 bits per heavy atom. The smallest absolute Gasteiger partial charge is 0.274 e. The summed E-state index contributed by atoms with van der Waals surface area (Å²) >= 11 is 0. The van der Waals surface area contributed by atoms with E-state index in [2.05, 4.69) is 10.3 Å². The molecule has 0 fully saturated rings. The van der Waals surface area contributed by atoms with Crippen LogP contribution in [0.5, 0.6) is 0 Å². The first kappa shape index (κ1) is 14.0. The molecule has 0 spiro atoms. The molecule has 1 amide bonds. The minimum atomic E-state index is -0.529. The van der Waals surface area contributed by atoms with E-state index in [4.69, 9.17) is 5.21 Å². The van der Waals surface area contributed by atoms with E-state index in [0.717, 1.165) is 16.8 Å². The highest BCUT2D eigenvalue weighted by Gasteiger charge is 2.06. The van der Waals surface area contributed by atoms with E-state index in [1.165, 1.54) is 0 Å². The molecule has 2 aromatic carbocycles. The van der Waals surface area contributed by atoms with Crippen LogP contribution in [0.25, 0.3) is 11.3 Å². The van der Waals surface area contributed by atoms with E-state index < -0.39 is 5.91 Å². The van der Waals surface area contributed by atoms with Crippen LogP contribution in [0.1, 0.15) is 15.9 Å². The molecule has 2 N–H and O–H groups in total. The van der Waals surface area contributed by atoms with Crippen molar-refractivity contribution in [2.75, 3.05) is 0 Å². The fraction of sp³-hybridized carbons (Fsp3) is 0.0625. The third kappa shape index (κ3) is 3.02. The molecule has 1 aromatic heterocycles. The van der Waals surface area contributed by atoms with Crippen LogP contribution in [0.15, 0.2) is 60.8 Å². The van der Waals surface area contributed by atoms with E-state index in [9.17, 15) is 4.79 Å². The third-order valence-electron chi connectivity index (χ3n) is 3.27. The number of carbonyl (C=O) groups is 1. The molecule has 3 rings (SSSR count). The van der Waals surface area contributed by atoms with Gasteiger partial charge in [-0.15, -0.1) is 5.10 Å². The van der Waals surface area contributed by atoms with Crippen molar-refractivity contribution >= 4 is 5.91 Å². The second-order valence-corrected chi connectivity index (χ2v) is 4.81. The zero-order valence-corrected chi connectivity index (χ0v) is 11.7. The standard InChI is InChI=1S/C16H14N4O2/c21-16(18-22)14-8-6-12(7-9-14)10-20-11-15(17-19-20)13-4-2-1-3-5-13/h1-9,11,22H,10H2,(H,18,21). The van der Waals surface area contributed by atoms with Crippen molar-refractivity contribution < 1.29 is 10.0 Å². The van der Waals surface area contributed by atoms with Gasteiger partial charge in [0.15, 0.2) is 0 Å². The molecule has 0 aliphatic rings. The maximum absolute atomic E-state index is 11.3. The van der Waals surface area contributed by atoms with Gasteiger partial charge in [0.1, 0.15) is 5.69 Å². The van der Waals surface area contributed by atoms with E-state index >= 15 is 0 Å². The Labute approximate surface area is 127 Å². The van der Waals surface area contributed by atoms with E-state index in [-0.39, 0.29) is 0 Å². The largest absolute Gasteiger partial charge is 0.288 e. The van der Waals surface area contributed by atoms with E-state index in [1.54, 1.807) is 22.3 Å². The molecule has 0 aliphatic heterocycles. The topological polar surface area (TPSA) is 80.0 Å². The molecule has 0 saturated heterocycles. The maximum Gasteiger partial charge on any atom is 0.274 e. The minimum Gasteiger partial charge on any atom is -0.288 e. The second kappa shape index (κ2) is 6.19. The normalized spacial score (nSPS) is 10.4. The van der Waals surface area contributed by atoms with E-state index in [1.807, 2.05) is 48.7 Å². The maximum atomic E-state index is 11.3. The predicted octanol–water partition coefficient (Wildman–Crippen LogP) is 2.11. The lowest BCUT2D eigenvalue weighted by Crippen LogP contribution is -2.18. The molecular weight excluding hydrogens is 280 g/mol. The summed E-state index contributed by atoms with van der Waals surface area (Å²) in [6, 6.07) is 16.8. The lowest BCUT2D eigenvalue weighted by atomic mass is 10.1. The first-order valence-electron chi connectivity index (χ1n) is 6.75. The third-order valence-corrected chi connectivity index (χ3v) is 3.27. The number of hydrogen-bond acceptors (Lipinski definition) is 4. The molecule has 0 saturated carbocycles. The van der Waals surface area contributed by atoms with Crippen molar-refractivity contribution in [3.05, 3.63) is 71.9 Å². The average Bonchev–Trinajstić information content (AvgIpc) is 3.04. The molecular formula is C16H14N4O2. The van der Waals surface area contributed by atoms with Crippen molar-refractivity contribution in [2.24, 2.45) is 0 Å². The van der Waals surface area contributed by atoms with Crippen molar-refractivity contribution in [1.29, 1.82) is 0 Å². The Hall–Kier alpha value is -2.99. The Bertz CT molecular complexity index is 766. The molecule has 6 heteroatoms. The monoisotopic (exact) mass is 294 g/mol. The highest BCUT2D eigenvalue weighted by Crippen LogP contribution is 2.15. The van der Waals surface area contributed by atoms with Gasteiger partial charge in [-0.05, 0) is 17.7 Å². The van der Waals surface area contributed by atoms with Crippen LogP contribution in [0, 0.1) is 0 Å². The number of nitrogens with zero attached hydrogens (tertiary/aromatic N) is 3. The molecule has 0 radical (unpaired) electrons. The van der Waals surface area contributed by atoms with E-state index in [0.29, 0.717) is 12.1 Å². The quantitative estimate of drug-likeness (QED) is 0.570. The van der Waals surface area contributed by atoms with Crippen LogP contribution in [0.3, 0.4) is 0 Å². The van der Waals surface area contributed by atoms with Gasteiger partial charge in [0.2, 0.25) is 0 Å². The summed E-state index contributed by atoms with van der Waals surface area (Å²) in [5, 5.41) is 16.8. The Kier molecular flexibility index (Phi) is 3.93. The average molecular weight is 294 g/mol. The summed E-state index contributed by atoms with van der Waals surface area (Å²) in [7, 11) is 0. The number of benzene rings is 2. The summed E-state index contributed by atoms with van der Waals surface area (Å²) in [6.45, 7) is 0.556. The first-order chi connectivity index (χ1) is 10.8. The van der Waals surface area contributed by atoms with Gasteiger partial charge in [0.05, 0.1) is 12.7 Å². The van der Waals surface area contributed by atoms with Crippen LogP contribution < -0.4 is 5.48 Å². The first-order valence-corrected chi connectivity index (χ1v) is 6.75. The Balaban J connectivity index is 1.74. The summed E-state index contributed by atoms with van der Waals surface area (Å²) in [5.41, 5.74) is 4.82. The Morgan fingerprint density at radius 2 is 1.82 bits per heavy atom. The molecule has 0 unspecified atom stereocenters. The van der Waals surface area contributed by atoms with Crippen LogP contribution >= 0.6 is 0 Å². The fourth-order valence-electron chi connectivity index (χ4n) is 2.13. The van der Waals surface area contributed by atoms with Crippen molar-refractivity contribution in [3.63, 3.8) is 0 Å². The highest BCUT2D eigenvalue weighted by molar-refractivity contribution is 5.93. The zero-order valence-electron chi connectivity index (χ0n) is 11.7. The molecule has 110 valence electrons. The van der Waals surface area contributed by atoms with Crippen molar-refractivity contribution in [2.45, 2.75) is 6.54 Å². The highest BCUT2D eigenvalue weighted by atomic mass is 16.5. The van der Waals surface area contributed by atoms with Gasteiger partial charge in [-0.1, -0.05) is 47.7 Å². The number of hydrogen-bond donors (Lipinski definition) is 2. The summed E-state index contributed by atoms with van der Waals surface area (Å²) < 4.78 is 1.74. The van der Waals surface area contributed by atoms with Crippen LogP contribution in [-0.4, -0.2) is 26.1 Å². The van der Waals surface area contributed by atoms with Gasteiger partial charge in [0, 0.05) is 11.1 Å². The number of nitrogens with one attached hydrogen (secondary N) is 1. The number of rotatable bonds is 4. The second-order valence-electron chi connectivity index (χ2n) is 4.81. The van der Waals surface area contributed by atoms with Crippen molar-refractivity contribution in [3.8, 4) is 11.3 Å². The molecule has 0 bridgehead atoms. The van der Waals surface area contributed by atoms with Gasteiger partial charge in [-0.3, -0.25) is 10.0 Å². The summed E-state index contributed by atoms with van der Waals surface area (Å²) in [4.78, 5) is 11.3. The molecule has 6 nitrogen and oxygen atoms in total. The number of carbonyl (C=O) groups excluding carboxylic acids is 1. The lowest BCUT2D eigenvalue weighted by Gasteiger charge is -2.03. The zero-order chi connectivity index (χ0) is 15.4. The summed E-state index contributed by atoms with van der Waals surface area (Å²) in [5.74, 6) is -0.529. The predicted molar refractivity (Wildman–Crippen MR) is 80.3 cm³/mol. The molecule has 0 aliphatic carbocycles. The Morgan fingerprint density at radius 1 is 1.09 bits per heavy atom. The van der Waals surface area contributed by atoms with Crippen LogP contribution in [0.4, 0.5) is 0 Å². The van der Waals surface area contributed by atoms with Crippen LogP contribution in [0.2, 0.25) is 0 Å². The molecule has 0 atom stereocenters. The number of aromatic nitrogens is 3. The number of amides is 1. The van der Waals surface area contributed by atoms with Gasteiger partial charge in [-0.2, -0.15) is 0 Å². The van der Waals surface area contributed by atoms with Gasteiger partial charge >= 0.3 is 0 Å². The number of hydroxylamine groups is 1. The fourth-order valence-corrected chi connectivity index (χ4v) is 2.13. The van der Waals surface area contributed by atoms with Crippen molar-refractivity contribution in [1.82, 2.24) is 20.5 Å². The van der Waals surface area contributed by atoms with Gasteiger partial charge in [0.25, 0.3) is 5.91 Å². The minimum absolute atomic E-state index is 0.398. The molecule has 3 aromatic rings. The lowest BCUT2D eigenvalue weighted by molar-refractivity contribution is 0.0706. The molecule has 1 heterocycles. The van der Waals surface area contributed by atoms with Gasteiger partial charge < -0.3 is 0 Å². The SMILES string of the molecule is O=C(NO)c1ccc(Cn2cc(-c3ccccc3)nn2)cc1. The summed E-state index contributed by atoms with van der Waals surface area (Å²) in [6.07, 6.45) is 1.88. The molecule has 22 heavy (non-hydrogen) atoms. The van der Waals surface area contributed by atoms with Crippen LogP contribution in [-0.2, 0) is 6.54 Å².